The smallest absolute Gasteiger partial charge is 0.134 e. The number of furan rings is 1. The molecule has 0 amide bonds. The van der Waals surface area contributed by atoms with Gasteiger partial charge in [0.05, 0.1) is 12.6 Å². The van der Waals surface area contributed by atoms with E-state index in [2.05, 4.69) is 24.4 Å². The van der Waals surface area contributed by atoms with Crippen LogP contribution in [0.2, 0.25) is 0 Å². The highest BCUT2D eigenvalue weighted by Gasteiger charge is 2.26. The standard InChI is InChI=1S/C16H21NO2/c1-2-15-13(7-8-18-15)10-17-11-14-9-12-5-3-4-6-16(12)19-14/h3-6,9,13,15,17H,2,7-8,10-11H2,1H3. The Balaban J connectivity index is 1.54. The summed E-state index contributed by atoms with van der Waals surface area (Å²) < 4.78 is 11.5. The zero-order valence-electron chi connectivity index (χ0n) is 11.4. The summed E-state index contributed by atoms with van der Waals surface area (Å²) in [6, 6.07) is 10.3. The van der Waals surface area contributed by atoms with Gasteiger partial charge in [-0.15, -0.1) is 0 Å². The highest BCUT2D eigenvalue weighted by Crippen LogP contribution is 2.23. The molecule has 1 aliphatic heterocycles. The van der Waals surface area contributed by atoms with Gasteiger partial charge in [-0.25, -0.2) is 0 Å². The first-order chi connectivity index (χ1) is 9.36. The van der Waals surface area contributed by atoms with Crippen molar-refractivity contribution in [3.05, 3.63) is 36.1 Å². The number of para-hydroxylation sites is 1. The average Bonchev–Trinajstić information content (AvgIpc) is 3.04. The van der Waals surface area contributed by atoms with E-state index in [4.69, 9.17) is 9.15 Å². The molecule has 102 valence electrons. The Labute approximate surface area is 113 Å². The topological polar surface area (TPSA) is 34.4 Å². The molecule has 2 heterocycles. The Hall–Kier alpha value is -1.32. The van der Waals surface area contributed by atoms with Crippen molar-refractivity contribution >= 4 is 11.0 Å². The van der Waals surface area contributed by atoms with E-state index in [1.165, 1.54) is 11.8 Å². The SMILES string of the molecule is CCC1OCCC1CNCc1cc2ccccc2o1. The fourth-order valence-electron chi connectivity index (χ4n) is 2.88. The van der Waals surface area contributed by atoms with E-state index in [9.17, 15) is 0 Å². The Morgan fingerprint density at radius 2 is 2.21 bits per heavy atom. The molecule has 1 saturated heterocycles. The zero-order chi connectivity index (χ0) is 13.1. The van der Waals surface area contributed by atoms with Gasteiger partial charge in [0.2, 0.25) is 0 Å². The molecule has 0 radical (unpaired) electrons. The molecular weight excluding hydrogens is 238 g/mol. The van der Waals surface area contributed by atoms with Crippen molar-refractivity contribution in [2.45, 2.75) is 32.4 Å². The second-order valence-corrected chi connectivity index (χ2v) is 5.25. The second kappa shape index (κ2) is 5.76. The highest BCUT2D eigenvalue weighted by molar-refractivity contribution is 5.77. The molecule has 2 aromatic rings. The maximum Gasteiger partial charge on any atom is 0.134 e. The summed E-state index contributed by atoms with van der Waals surface area (Å²) in [5.41, 5.74) is 0.968. The predicted octanol–water partition coefficient (Wildman–Crippen LogP) is 3.34. The largest absolute Gasteiger partial charge is 0.460 e. The van der Waals surface area contributed by atoms with Crippen LogP contribution in [0.1, 0.15) is 25.5 Å². The summed E-state index contributed by atoms with van der Waals surface area (Å²) in [7, 11) is 0. The maximum absolute atomic E-state index is 5.79. The molecule has 3 rings (SSSR count). The first-order valence-electron chi connectivity index (χ1n) is 7.16. The Kier molecular flexibility index (Phi) is 3.85. The van der Waals surface area contributed by atoms with E-state index in [-0.39, 0.29) is 0 Å². The van der Waals surface area contributed by atoms with Gasteiger partial charge in [-0.05, 0) is 30.9 Å². The van der Waals surface area contributed by atoms with Crippen LogP contribution < -0.4 is 5.32 Å². The molecular formula is C16H21NO2. The van der Waals surface area contributed by atoms with E-state index in [0.29, 0.717) is 12.0 Å². The van der Waals surface area contributed by atoms with Crippen LogP contribution in [0.4, 0.5) is 0 Å². The Morgan fingerprint density at radius 1 is 1.32 bits per heavy atom. The van der Waals surface area contributed by atoms with Gasteiger partial charge in [0.15, 0.2) is 0 Å². The summed E-state index contributed by atoms with van der Waals surface area (Å²) in [5.74, 6) is 1.66. The van der Waals surface area contributed by atoms with Crippen LogP contribution >= 0.6 is 0 Å². The lowest BCUT2D eigenvalue weighted by Crippen LogP contribution is -2.27. The van der Waals surface area contributed by atoms with Gasteiger partial charge in [0.25, 0.3) is 0 Å². The predicted molar refractivity (Wildman–Crippen MR) is 76.1 cm³/mol. The van der Waals surface area contributed by atoms with Gasteiger partial charge in [-0.3, -0.25) is 0 Å². The molecule has 0 saturated carbocycles. The number of hydrogen-bond donors (Lipinski definition) is 1. The van der Waals surface area contributed by atoms with Crippen molar-refractivity contribution in [3.63, 3.8) is 0 Å². The van der Waals surface area contributed by atoms with Crippen LogP contribution in [0.15, 0.2) is 34.7 Å². The van der Waals surface area contributed by atoms with E-state index in [1.807, 2.05) is 18.2 Å². The van der Waals surface area contributed by atoms with Crippen molar-refractivity contribution in [1.82, 2.24) is 5.32 Å². The molecule has 2 unspecified atom stereocenters. The summed E-state index contributed by atoms with van der Waals surface area (Å²) in [6.07, 6.45) is 2.71. The van der Waals surface area contributed by atoms with E-state index >= 15 is 0 Å². The fourth-order valence-corrected chi connectivity index (χ4v) is 2.88. The summed E-state index contributed by atoms with van der Waals surface area (Å²) in [4.78, 5) is 0. The summed E-state index contributed by atoms with van der Waals surface area (Å²) in [6.45, 7) is 4.91. The van der Waals surface area contributed by atoms with Crippen LogP contribution in [0.25, 0.3) is 11.0 Å². The molecule has 3 heteroatoms. The van der Waals surface area contributed by atoms with Gasteiger partial charge in [-0.1, -0.05) is 25.1 Å². The van der Waals surface area contributed by atoms with Crippen molar-refractivity contribution < 1.29 is 9.15 Å². The molecule has 0 aliphatic carbocycles. The van der Waals surface area contributed by atoms with Gasteiger partial charge in [0.1, 0.15) is 11.3 Å². The quantitative estimate of drug-likeness (QED) is 0.894. The molecule has 1 aromatic carbocycles. The van der Waals surface area contributed by atoms with Crippen LogP contribution in [-0.2, 0) is 11.3 Å². The van der Waals surface area contributed by atoms with Crippen molar-refractivity contribution in [2.75, 3.05) is 13.2 Å². The lowest BCUT2D eigenvalue weighted by molar-refractivity contribution is 0.0871. The van der Waals surface area contributed by atoms with Crippen molar-refractivity contribution in [1.29, 1.82) is 0 Å². The average molecular weight is 259 g/mol. The monoisotopic (exact) mass is 259 g/mol. The number of rotatable bonds is 5. The normalized spacial score (nSPS) is 23.2. The highest BCUT2D eigenvalue weighted by atomic mass is 16.5. The first kappa shape index (κ1) is 12.7. The minimum Gasteiger partial charge on any atom is -0.460 e. The van der Waals surface area contributed by atoms with Gasteiger partial charge in [0, 0.05) is 18.5 Å². The van der Waals surface area contributed by atoms with Crippen molar-refractivity contribution in [2.24, 2.45) is 5.92 Å². The third-order valence-electron chi connectivity index (χ3n) is 3.93. The number of ether oxygens (including phenoxy) is 1. The van der Waals surface area contributed by atoms with E-state index < -0.39 is 0 Å². The zero-order valence-corrected chi connectivity index (χ0v) is 11.4. The number of hydrogen-bond acceptors (Lipinski definition) is 3. The van der Waals surface area contributed by atoms with Gasteiger partial charge < -0.3 is 14.5 Å². The molecule has 1 aromatic heterocycles. The molecule has 1 aliphatic rings. The lowest BCUT2D eigenvalue weighted by Gasteiger charge is -2.16. The number of nitrogens with one attached hydrogen (secondary N) is 1. The molecule has 0 bridgehead atoms. The second-order valence-electron chi connectivity index (χ2n) is 5.25. The third kappa shape index (κ3) is 2.82. The minimum atomic E-state index is 0.433. The Bertz CT molecular complexity index is 501. The van der Waals surface area contributed by atoms with Crippen LogP contribution in [0, 0.1) is 5.92 Å². The van der Waals surface area contributed by atoms with Crippen molar-refractivity contribution in [3.8, 4) is 0 Å². The number of fused-ring (bicyclic) bond motifs is 1. The molecule has 1 N–H and O–H groups in total. The minimum absolute atomic E-state index is 0.433. The van der Waals surface area contributed by atoms with Crippen LogP contribution in [0.5, 0.6) is 0 Å². The fraction of sp³-hybridized carbons (Fsp3) is 0.500. The summed E-state index contributed by atoms with van der Waals surface area (Å²) >= 11 is 0. The molecule has 2 atom stereocenters. The Morgan fingerprint density at radius 3 is 3.05 bits per heavy atom. The molecule has 0 spiro atoms. The molecule has 1 fully saturated rings. The molecule has 3 nitrogen and oxygen atoms in total. The summed E-state index contributed by atoms with van der Waals surface area (Å²) in [5, 5.41) is 4.67. The third-order valence-corrected chi connectivity index (χ3v) is 3.93. The first-order valence-corrected chi connectivity index (χ1v) is 7.16. The molecule has 19 heavy (non-hydrogen) atoms. The maximum atomic E-state index is 5.79. The van der Waals surface area contributed by atoms with Crippen LogP contribution in [0.3, 0.4) is 0 Å². The van der Waals surface area contributed by atoms with E-state index in [0.717, 1.165) is 37.5 Å². The van der Waals surface area contributed by atoms with Crippen LogP contribution in [-0.4, -0.2) is 19.3 Å². The van der Waals surface area contributed by atoms with E-state index in [1.54, 1.807) is 0 Å². The lowest BCUT2D eigenvalue weighted by atomic mass is 10.00. The van der Waals surface area contributed by atoms with Gasteiger partial charge in [-0.2, -0.15) is 0 Å². The number of benzene rings is 1. The van der Waals surface area contributed by atoms with Gasteiger partial charge >= 0.3 is 0 Å².